The predicted octanol–water partition coefficient (Wildman–Crippen LogP) is 5.55. The molecule has 0 radical (unpaired) electrons. The molecule has 0 N–H and O–H groups in total. The molecular weight excluding hydrogens is 452 g/mol. The lowest BCUT2D eigenvalue weighted by Gasteiger charge is -2.25. The third kappa shape index (κ3) is 3.95. The van der Waals surface area contributed by atoms with Gasteiger partial charge in [-0.25, -0.2) is 4.68 Å². The van der Waals surface area contributed by atoms with Gasteiger partial charge < -0.3 is 18.8 Å². The smallest absolute Gasteiger partial charge is 0.166 e. The summed E-state index contributed by atoms with van der Waals surface area (Å²) < 4.78 is 22.4. The number of ether oxygens (including phenoxy) is 3. The molecule has 4 aromatic rings. The van der Waals surface area contributed by atoms with Crippen molar-refractivity contribution < 1.29 is 14.2 Å². The van der Waals surface area contributed by atoms with Crippen LogP contribution in [0.5, 0.6) is 11.5 Å². The van der Waals surface area contributed by atoms with E-state index in [1.165, 1.54) is 0 Å². The Kier molecular flexibility index (Phi) is 6.30. The molecule has 0 unspecified atom stereocenters. The molecule has 0 aliphatic carbocycles. The number of halogens is 1. The third-order valence-electron chi connectivity index (χ3n) is 6.32. The fourth-order valence-electron chi connectivity index (χ4n) is 4.69. The number of benzene rings is 2. The zero-order chi connectivity index (χ0) is 23.7. The van der Waals surface area contributed by atoms with Gasteiger partial charge in [0, 0.05) is 28.9 Å². The average Bonchev–Trinajstić information content (AvgIpc) is 3.51. The molecule has 34 heavy (non-hydrogen) atoms. The van der Waals surface area contributed by atoms with Crippen molar-refractivity contribution in [1.29, 1.82) is 0 Å². The number of hydrogen-bond donors (Lipinski definition) is 0. The second kappa shape index (κ2) is 9.52. The van der Waals surface area contributed by atoms with E-state index >= 15 is 0 Å². The Bertz CT molecular complexity index is 1300. The highest BCUT2D eigenvalue weighted by molar-refractivity contribution is 6.30. The van der Waals surface area contributed by atoms with Crippen LogP contribution >= 0.6 is 11.6 Å². The number of aryl methyl sites for hydroxylation is 2. The summed E-state index contributed by atoms with van der Waals surface area (Å²) in [5.74, 6) is 1.30. The lowest BCUT2D eigenvalue weighted by atomic mass is 9.98. The van der Waals surface area contributed by atoms with Crippen LogP contribution in [0.25, 0.3) is 5.69 Å². The molecule has 0 spiro atoms. The van der Waals surface area contributed by atoms with Crippen LogP contribution in [0.1, 0.15) is 48.1 Å². The minimum Gasteiger partial charge on any atom is -0.493 e. The van der Waals surface area contributed by atoms with E-state index in [0.29, 0.717) is 23.1 Å². The fraction of sp³-hybridized carbons (Fsp3) is 0.308. The molecule has 1 aliphatic heterocycles. The van der Waals surface area contributed by atoms with Gasteiger partial charge in [-0.3, -0.25) is 0 Å². The van der Waals surface area contributed by atoms with Crippen molar-refractivity contribution in [2.24, 2.45) is 0 Å². The van der Waals surface area contributed by atoms with Crippen molar-refractivity contribution in [3.63, 3.8) is 0 Å². The Morgan fingerprint density at radius 2 is 1.94 bits per heavy atom. The molecule has 7 nitrogen and oxygen atoms in total. The van der Waals surface area contributed by atoms with Gasteiger partial charge in [0.2, 0.25) is 0 Å². The highest BCUT2D eigenvalue weighted by Crippen LogP contribution is 2.46. The summed E-state index contributed by atoms with van der Waals surface area (Å²) >= 11 is 6.48. The van der Waals surface area contributed by atoms with Crippen molar-refractivity contribution >= 4 is 11.6 Å². The standard InChI is InChI=1S/C26H27ClN4O3/c1-4-18-16-28-29-31(18)14-12-23-22-8-6-13-30(22)21-11-10-17(27)15-20(21)25(34-23)19-7-5-9-24(32-2)26(19)33-3/h5-11,13,15-16,23,25H,4,12,14H2,1-3H3/t23-,25-/m1/s1. The summed E-state index contributed by atoms with van der Waals surface area (Å²) in [6.45, 7) is 2.80. The van der Waals surface area contributed by atoms with E-state index in [1.807, 2.05) is 53.3 Å². The zero-order valence-corrected chi connectivity index (χ0v) is 20.2. The second-order valence-electron chi connectivity index (χ2n) is 8.18. The summed E-state index contributed by atoms with van der Waals surface area (Å²) in [4.78, 5) is 0. The Balaban J connectivity index is 1.62. The van der Waals surface area contributed by atoms with Gasteiger partial charge in [0.25, 0.3) is 0 Å². The molecule has 2 atom stereocenters. The minimum absolute atomic E-state index is 0.198. The van der Waals surface area contributed by atoms with E-state index in [-0.39, 0.29) is 6.10 Å². The first-order chi connectivity index (χ1) is 16.6. The number of aromatic nitrogens is 4. The van der Waals surface area contributed by atoms with Crippen LogP contribution in [0.2, 0.25) is 5.02 Å². The molecule has 0 saturated carbocycles. The van der Waals surface area contributed by atoms with E-state index in [4.69, 9.17) is 25.8 Å². The van der Waals surface area contributed by atoms with Crippen LogP contribution in [0.15, 0.2) is 60.9 Å². The number of methoxy groups -OCH3 is 2. The molecule has 1 aliphatic rings. The topological polar surface area (TPSA) is 63.3 Å². The first kappa shape index (κ1) is 22.5. The van der Waals surface area contributed by atoms with Crippen molar-refractivity contribution in [1.82, 2.24) is 19.6 Å². The van der Waals surface area contributed by atoms with Crippen LogP contribution < -0.4 is 9.47 Å². The molecule has 2 aromatic carbocycles. The zero-order valence-electron chi connectivity index (χ0n) is 19.4. The fourth-order valence-corrected chi connectivity index (χ4v) is 4.87. The van der Waals surface area contributed by atoms with Gasteiger partial charge >= 0.3 is 0 Å². The molecule has 3 heterocycles. The summed E-state index contributed by atoms with van der Waals surface area (Å²) in [5, 5.41) is 8.99. The first-order valence-corrected chi connectivity index (χ1v) is 11.7. The number of fused-ring (bicyclic) bond motifs is 3. The quantitative estimate of drug-likeness (QED) is 0.348. The highest BCUT2D eigenvalue weighted by Gasteiger charge is 2.33. The SMILES string of the molecule is CCc1cnnn1CC[C@H]1O[C@H](c2cccc(OC)c2OC)c2cc(Cl)ccc2-n2cccc21. The summed E-state index contributed by atoms with van der Waals surface area (Å²) in [6.07, 6.45) is 4.88. The Morgan fingerprint density at radius 1 is 1.06 bits per heavy atom. The summed E-state index contributed by atoms with van der Waals surface area (Å²) in [5.41, 5.74) is 5.05. The van der Waals surface area contributed by atoms with Crippen LogP contribution in [0.4, 0.5) is 0 Å². The lowest BCUT2D eigenvalue weighted by molar-refractivity contribution is -0.00184. The predicted molar refractivity (Wildman–Crippen MR) is 130 cm³/mol. The molecule has 5 rings (SSSR count). The maximum absolute atomic E-state index is 6.90. The molecule has 0 bridgehead atoms. The molecule has 0 saturated heterocycles. The summed E-state index contributed by atoms with van der Waals surface area (Å²) in [6, 6.07) is 15.9. The van der Waals surface area contributed by atoms with E-state index in [2.05, 4.69) is 34.1 Å². The van der Waals surface area contributed by atoms with Gasteiger partial charge in [0.05, 0.1) is 37.5 Å². The molecule has 0 amide bonds. The van der Waals surface area contributed by atoms with Gasteiger partial charge in [0.15, 0.2) is 11.5 Å². The van der Waals surface area contributed by atoms with Crippen LogP contribution in [0.3, 0.4) is 0 Å². The van der Waals surface area contributed by atoms with Gasteiger partial charge in [0.1, 0.15) is 12.2 Å². The maximum Gasteiger partial charge on any atom is 0.166 e. The second-order valence-corrected chi connectivity index (χ2v) is 8.62. The monoisotopic (exact) mass is 478 g/mol. The molecule has 2 aromatic heterocycles. The molecule has 0 fully saturated rings. The Morgan fingerprint density at radius 3 is 2.74 bits per heavy atom. The van der Waals surface area contributed by atoms with Gasteiger partial charge in [-0.15, -0.1) is 5.10 Å². The maximum atomic E-state index is 6.90. The van der Waals surface area contributed by atoms with Crippen molar-refractivity contribution in [3.8, 4) is 17.2 Å². The Hall–Kier alpha value is -3.29. The number of para-hydroxylation sites is 1. The largest absolute Gasteiger partial charge is 0.493 e. The van der Waals surface area contributed by atoms with Crippen molar-refractivity contribution in [2.75, 3.05) is 14.2 Å². The third-order valence-corrected chi connectivity index (χ3v) is 6.56. The summed E-state index contributed by atoms with van der Waals surface area (Å²) in [7, 11) is 3.28. The molecule has 8 heteroatoms. The average molecular weight is 479 g/mol. The van der Waals surface area contributed by atoms with E-state index in [0.717, 1.165) is 41.0 Å². The van der Waals surface area contributed by atoms with Gasteiger partial charge in [-0.05, 0) is 49.2 Å². The number of nitrogens with zero attached hydrogens (tertiary/aromatic N) is 4. The molecular formula is C26H27ClN4O3. The first-order valence-electron chi connectivity index (χ1n) is 11.3. The van der Waals surface area contributed by atoms with Crippen molar-refractivity contribution in [2.45, 2.75) is 38.5 Å². The number of hydrogen-bond acceptors (Lipinski definition) is 5. The van der Waals surface area contributed by atoms with Crippen LogP contribution in [-0.2, 0) is 17.7 Å². The lowest BCUT2D eigenvalue weighted by Crippen LogP contribution is -2.15. The normalized spacial score (nSPS) is 17.1. The van der Waals surface area contributed by atoms with E-state index in [1.54, 1.807) is 14.2 Å². The van der Waals surface area contributed by atoms with Crippen LogP contribution in [0, 0.1) is 0 Å². The Labute approximate surface area is 203 Å². The van der Waals surface area contributed by atoms with E-state index in [9.17, 15) is 0 Å². The molecule has 176 valence electrons. The van der Waals surface area contributed by atoms with Gasteiger partial charge in [-0.1, -0.05) is 35.9 Å². The minimum atomic E-state index is -0.412. The van der Waals surface area contributed by atoms with Crippen molar-refractivity contribution in [3.05, 3.63) is 88.5 Å². The number of rotatable bonds is 7. The van der Waals surface area contributed by atoms with Crippen LogP contribution in [-0.4, -0.2) is 33.8 Å². The highest BCUT2D eigenvalue weighted by atomic mass is 35.5. The van der Waals surface area contributed by atoms with Gasteiger partial charge in [-0.2, -0.15) is 0 Å². The van der Waals surface area contributed by atoms with E-state index < -0.39 is 6.10 Å².